The molecule has 26 heavy (non-hydrogen) atoms. The summed E-state index contributed by atoms with van der Waals surface area (Å²) in [7, 11) is 5.14. The average Bonchev–Trinajstić information content (AvgIpc) is 3.13. The quantitative estimate of drug-likeness (QED) is 0.751. The number of carbonyl (C=O) groups excluding carboxylic acids is 1. The second-order valence-electron chi connectivity index (χ2n) is 6.67. The van der Waals surface area contributed by atoms with E-state index in [9.17, 15) is 9.59 Å². The molecular formula is C21H24N2O3. The van der Waals surface area contributed by atoms with Crippen LogP contribution in [0.25, 0.3) is 17.2 Å². The van der Waals surface area contributed by atoms with Crippen molar-refractivity contribution in [2.45, 2.75) is 19.4 Å². The van der Waals surface area contributed by atoms with Gasteiger partial charge in [0.2, 0.25) is 0 Å². The molecule has 0 fully saturated rings. The highest BCUT2D eigenvalue weighted by Gasteiger charge is 2.18. The van der Waals surface area contributed by atoms with Gasteiger partial charge in [-0.2, -0.15) is 0 Å². The van der Waals surface area contributed by atoms with E-state index in [0.29, 0.717) is 25.1 Å². The van der Waals surface area contributed by atoms with Crippen molar-refractivity contribution in [3.05, 3.63) is 63.6 Å². The summed E-state index contributed by atoms with van der Waals surface area (Å²) < 4.78 is 6.87. The Kier molecular flexibility index (Phi) is 5.38. The zero-order valence-electron chi connectivity index (χ0n) is 15.5. The molecule has 5 heteroatoms. The van der Waals surface area contributed by atoms with Gasteiger partial charge in [0.25, 0.3) is 11.5 Å². The number of methoxy groups -OCH3 is 1. The second-order valence-corrected chi connectivity index (χ2v) is 6.67. The number of fused-ring (bicyclic) bond motifs is 1. The number of hydrogen-bond acceptors (Lipinski definition) is 3. The third kappa shape index (κ3) is 3.48. The molecule has 1 aliphatic rings. The highest BCUT2D eigenvalue weighted by Crippen LogP contribution is 2.30. The van der Waals surface area contributed by atoms with Crippen LogP contribution in [0, 0.1) is 0 Å². The Hall–Kier alpha value is -2.66. The Morgan fingerprint density at radius 3 is 2.85 bits per heavy atom. The molecule has 0 N–H and O–H groups in total. The molecule has 0 aliphatic heterocycles. The zero-order chi connectivity index (χ0) is 18.7. The lowest BCUT2D eigenvalue weighted by atomic mass is 9.97. The molecule has 0 radical (unpaired) electrons. The van der Waals surface area contributed by atoms with Crippen molar-refractivity contribution in [1.82, 2.24) is 9.47 Å². The lowest BCUT2D eigenvalue weighted by Gasteiger charge is -2.15. The maximum atomic E-state index is 12.7. The molecule has 0 atom stereocenters. The average molecular weight is 352 g/mol. The monoisotopic (exact) mass is 352 g/mol. The van der Waals surface area contributed by atoms with Gasteiger partial charge in [-0.05, 0) is 36.1 Å². The fourth-order valence-corrected chi connectivity index (χ4v) is 3.27. The van der Waals surface area contributed by atoms with E-state index in [1.165, 1.54) is 0 Å². The van der Waals surface area contributed by atoms with Gasteiger partial charge in [0, 0.05) is 57.2 Å². The van der Waals surface area contributed by atoms with E-state index in [0.717, 1.165) is 28.7 Å². The molecular weight excluding hydrogens is 328 g/mol. The summed E-state index contributed by atoms with van der Waals surface area (Å²) in [6, 6.07) is 7.58. The van der Waals surface area contributed by atoms with Gasteiger partial charge in [-0.15, -0.1) is 0 Å². The summed E-state index contributed by atoms with van der Waals surface area (Å²) in [5.74, 6) is -0.0348. The Labute approximate surface area is 153 Å². The predicted octanol–water partition coefficient (Wildman–Crippen LogP) is 2.82. The van der Waals surface area contributed by atoms with Gasteiger partial charge in [0.1, 0.15) is 0 Å². The minimum Gasteiger partial charge on any atom is -0.385 e. The van der Waals surface area contributed by atoms with Crippen LogP contribution in [0.2, 0.25) is 0 Å². The van der Waals surface area contributed by atoms with Crippen LogP contribution in [0.3, 0.4) is 0 Å². The topological polar surface area (TPSA) is 51.5 Å². The molecule has 0 spiro atoms. The van der Waals surface area contributed by atoms with Gasteiger partial charge < -0.3 is 14.2 Å². The first-order valence-electron chi connectivity index (χ1n) is 8.77. The van der Waals surface area contributed by atoms with Crippen LogP contribution < -0.4 is 5.56 Å². The van der Waals surface area contributed by atoms with Crippen molar-refractivity contribution in [2.75, 3.05) is 27.8 Å². The van der Waals surface area contributed by atoms with Crippen molar-refractivity contribution in [3.63, 3.8) is 0 Å². The molecule has 1 aliphatic carbocycles. The van der Waals surface area contributed by atoms with Gasteiger partial charge in [-0.3, -0.25) is 9.59 Å². The first-order chi connectivity index (χ1) is 12.5. The Bertz CT molecular complexity index is 910. The first kappa shape index (κ1) is 18.1. The van der Waals surface area contributed by atoms with Gasteiger partial charge >= 0.3 is 0 Å². The number of amides is 1. The number of aryl methyl sites for hydroxylation is 1. The van der Waals surface area contributed by atoms with Gasteiger partial charge in [-0.25, -0.2) is 0 Å². The molecule has 1 heterocycles. The van der Waals surface area contributed by atoms with Crippen LogP contribution in [0.5, 0.6) is 0 Å². The highest BCUT2D eigenvalue weighted by molar-refractivity contribution is 5.95. The van der Waals surface area contributed by atoms with Crippen LogP contribution in [0.4, 0.5) is 0 Å². The number of nitrogens with zero attached hydrogens (tertiary/aromatic N) is 2. The number of allylic oxidation sites excluding steroid dienone is 1. The van der Waals surface area contributed by atoms with Gasteiger partial charge in [0.15, 0.2) is 0 Å². The van der Waals surface area contributed by atoms with Gasteiger partial charge in [-0.1, -0.05) is 24.3 Å². The maximum absolute atomic E-state index is 12.7. The third-order valence-corrected chi connectivity index (χ3v) is 4.60. The normalized spacial score (nSPS) is 12.3. The molecule has 136 valence electrons. The number of carbonyl (C=O) groups is 1. The van der Waals surface area contributed by atoms with E-state index in [-0.39, 0.29) is 11.5 Å². The second kappa shape index (κ2) is 7.70. The highest BCUT2D eigenvalue weighted by atomic mass is 16.5. The molecule has 1 amide bonds. The van der Waals surface area contributed by atoms with Crippen molar-refractivity contribution < 1.29 is 9.53 Å². The maximum Gasteiger partial charge on any atom is 0.254 e. The van der Waals surface area contributed by atoms with Crippen LogP contribution >= 0.6 is 0 Å². The minimum absolute atomic E-state index is 0.0348. The molecule has 0 saturated heterocycles. The van der Waals surface area contributed by atoms with E-state index in [1.54, 1.807) is 30.7 Å². The van der Waals surface area contributed by atoms with Crippen LogP contribution in [-0.2, 0) is 17.7 Å². The zero-order valence-corrected chi connectivity index (χ0v) is 15.5. The molecule has 2 aromatic rings. The lowest BCUT2D eigenvalue weighted by molar-refractivity contribution is 0.0827. The minimum atomic E-state index is -0.0348. The fraction of sp³-hybridized carbons (Fsp3) is 0.333. The number of hydrogen-bond donors (Lipinski definition) is 0. The molecule has 1 aromatic carbocycles. The molecule has 0 unspecified atom stereocenters. The van der Waals surface area contributed by atoms with E-state index in [4.69, 9.17) is 4.74 Å². The molecule has 0 bridgehead atoms. The summed E-state index contributed by atoms with van der Waals surface area (Å²) in [5.41, 5.74) is 4.42. The van der Waals surface area contributed by atoms with Crippen LogP contribution in [0.1, 0.15) is 27.9 Å². The summed E-state index contributed by atoms with van der Waals surface area (Å²) >= 11 is 0. The summed E-state index contributed by atoms with van der Waals surface area (Å²) in [4.78, 5) is 26.6. The van der Waals surface area contributed by atoms with E-state index >= 15 is 0 Å². The summed E-state index contributed by atoms with van der Waals surface area (Å²) in [5, 5.41) is 0. The van der Waals surface area contributed by atoms with Crippen molar-refractivity contribution in [1.29, 1.82) is 0 Å². The number of rotatable bonds is 6. The number of aromatic nitrogens is 1. The van der Waals surface area contributed by atoms with E-state index in [2.05, 4.69) is 0 Å². The fourth-order valence-electron chi connectivity index (χ4n) is 3.27. The standard InChI is InChI=1S/C21H24N2O3/c1-22(2)20(24)16-8-4-7-15(13-16)19-14-23(11-6-12-26-3)21(25)18-10-5-9-17(18)19/h4-5,7-9,13-14H,6,10-12H2,1-3H3. The number of pyridine rings is 1. The Balaban J connectivity index is 2.07. The molecule has 3 rings (SSSR count). The van der Waals surface area contributed by atoms with Crippen molar-refractivity contribution in [3.8, 4) is 11.1 Å². The largest absolute Gasteiger partial charge is 0.385 e. The van der Waals surface area contributed by atoms with Crippen molar-refractivity contribution in [2.24, 2.45) is 0 Å². The summed E-state index contributed by atoms with van der Waals surface area (Å²) in [6.07, 6.45) is 7.37. The van der Waals surface area contributed by atoms with Crippen LogP contribution in [0.15, 0.2) is 41.3 Å². The number of ether oxygens (including phenoxy) is 1. The third-order valence-electron chi connectivity index (χ3n) is 4.60. The first-order valence-corrected chi connectivity index (χ1v) is 8.77. The smallest absolute Gasteiger partial charge is 0.254 e. The van der Waals surface area contributed by atoms with E-state index in [1.807, 2.05) is 42.6 Å². The SMILES string of the molecule is COCCCn1cc(-c2cccc(C(=O)N(C)C)c2)c2c(c1=O)CC=C2. The van der Waals surface area contributed by atoms with Gasteiger partial charge in [0.05, 0.1) is 0 Å². The Morgan fingerprint density at radius 2 is 2.12 bits per heavy atom. The molecule has 0 saturated carbocycles. The molecule has 5 nitrogen and oxygen atoms in total. The lowest BCUT2D eigenvalue weighted by Crippen LogP contribution is -2.25. The van der Waals surface area contributed by atoms with Crippen molar-refractivity contribution >= 4 is 12.0 Å². The number of benzene rings is 1. The molecule has 1 aromatic heterocycles. The summed E-state index contributed by atoms with van der Waals surface area (Å²) in [6.45, 7) is 1.23. The Morgan fingerprint density at radius 1 is 1.31 bits per heavy atom. The van der Waals surface area contributed by atoms with E-state index < -0.39 is 0 Å². The predicted molar refractivity (Wildman–Crippen MR) is 103 cm³/mol. The van der Waals surface area contributed by atoms with Crippen LogP contribution in [-0.4, -0.2) is 43.2 Å².